The second-order valence-corrected chi connectivity index (χ2v) is 4.97. The van der Waals surface area contributed by atoms with E-state index in [4.69, 9.17) is 0 Å². The van der Waals surface area contributed by atoms with Crippen LogP contribution < -0.4 is 0 Å². The number of hydrogen-bond acceptors (Lipinski definition) is 3. The van der Waals surface area contributed by atoms with Crippen molar-refractivity contribution in [2.24, 2.45) is 4.36 Å². The second-order valence-electron chi connectivity index (χ2n) is 2.30. The summed E-state index contributed by atoms with van der Waals surface area (Å²) in [5.41, 5.74) is 0.652. The monoisotopic (exact) mass is 173 g/mol. The summed E-state index contributed by atoms with van der Waals surface area (Å²) in [6.07, 6.45) is 4.82. The van der Waals surface area contributed by atoms with Crippen molar-refractivity contribution in [1.29, 1.82) is 0 Å². The molecule has 0 unspecified atom stereocenters. The quantitative estimate of drug-likeness (QED) is 0.729. The van der Waals surface area contributed by atoms with Gasteiger partial charge in [-0.2, -0.15) is 9.46 Å². The van der Waals surface area contributed by atoms with Gasteiger partial charge in [-0.05, 0) is 0 Å². The molecule has 1 aromatic rings. The number of aromatic nitrogens is 2. The molecule has 0 radical (unpaired) electrons. The van der Waals surface area contributed by atoms with Crippen molar-refractivity contribution >= 4 is 15.4 Å². The van der Waals surface area contributed by atoms with Gasteiger partial charge >= 0.3 is 0 Å². The first-order valence-electron chi connectivity index (χ1n) is 3.32. The Labute approximate surface area is 66.2 Å². The molecule has 0 amide bonds. The van der Waals surface area contributed by atoms with E-state index in [1.54, 1.807) is 18.6 Å². The van der Waals surface area contributed by atoms with Crippen molar-refractivity contribution in [2.75, 3.05) is 12.0 Å². The summed E-state index contributed by atoms with van der Waals surface area (Å²) < 4.78 is 15.4. The first kappa shape index (κ1) is 8.26. The van der Waals surface area contributed by atoms with Crippen molar-refractivity contribution in [1.82, 2.24) is 10.2 Å². The Morgan fingerprint density at radius 1 is 1.82 bits per heavy atom. The molecule has 0 aliphatic rings. The van der Waals surface area contributed by atoms with Gasteiger partial charge in [-0.25, -0.2) is 4.21 Å². The molecule has 1 heterocycles. The topological polar surface area (TPSA) is 58.1 Å². The molecule has 0 aliphatic heterocycles. The fourth-order valence-corrected chi connectivity index (χ4v) is 1.26. The summed E-state index contributed by atoms with van der Waals surface area (Å²) in [5, 5.41) is 6.30. The zero-order valence-corrected chi connectivity index (χ0v) is 7.39. The number of H-pyrrole nitrogens is 1. The van der Waals surface area contributed by atoms with Gasteiger partial charge in [0.2, 0.25) is 0 Å². The minimum Gasteiger partial charge on any atom is -0.283 e. The maximum atomic E-state index is 11.4. The lowest BCUT2D eigenvalue weighted by Crippen LogP contribution is -1.97. The molecule has 1 atom stereocenters. The van der Waals surface area contributed by atoms with Crippen molar-refractivity contribution in [2.45, 2.75) is 6.92 Å². The molecule has 4 nitrogen and oxygen atoms in total. The van der Waals surface area contributed by atoms with Gasteiger partial charge in [-0.3, -0.25) is 5.10 Å². The van der Waals surface area contributed by atoms with Gasteiger partial charge in [0.25, 0.3) is 0 Å². The molecule has 1 rings (SSSR count). The van der Waals surface area contributed by atoms with Crippen LogP contribution in [0.15, 0.2) is 16.8 Å². The number of aromatic amines is 1. The van der Waals surface area contributed by atoms with Crippen LogP contribution in [0.1, 0.15) is 6.92 Å². The molecule has 0 aromatic carbocycles. The van der Waals surface area contributed by atoms with Gasteiger partial charge in [0.05, 0.1) is 6.20 Å². The summed E-state index contributed by atoms with van der Waals surface area (Å²) in [7, 11) is -2.03. The summed E-state index contributed by atoms with van der Waals surface area (Å²) in [4.78, 5) is 0. The van der Waals surface area contributed by atoms with Crippen molar-refractivity contribution in [3.05, 3.63) is 12.4 Å². The summed E-state index contributed by atoms with van der Waals surface area (Å²) in [6, 6.07) is 0. The summed E-state index contributed by atoms with van der Waals surface area (Å²) in [5.74, 6) is 0.568. The molecule has 0 bridgehead atoms. The molecule has 0 spiro atoms. The van der Waals surface area contributed by atoms with Gasteiger partial charge in [0.1, 0.15) is 5.69 Å². The van der Waals surface area contributed by atoms with Crippen LogP contribution in [0.2, 0.25) is 0 Å². The van der Waals surface area contributed by atoms with Crippen LogP contribution in [-0.2, 0) is 9.73 Å². The maximum absolute atomic E-state index is 11.4. The first-order chi connectivity index (χ1) is 5.14. The average Bonchev–Trinajstić information content (AvgIpc) is 2.39. The lowest BCUT2D eigenvalue weighted by Gasteiger charge is -1.95. The second kappa shape index (κ2) is 3.04. The number of hydrogen-bond donors (Lipinski definition) is 1. The first-order valence-corrected chi connectivity index (χ1v) is 5.42. The van der Waals surface area contributed by atoms with E-state index in [2.05, 4.69) is 14.6 Å². The Morgan fingerprint density at radius 2 is 2.55 bits per heavy atom. The third-order valence-electron chi connectivity index (χ3n) is 1.32. The largest absolute Gasteiger partial charge is 0.283 e. The van der Waals surface area contributed by atoms with E-state index in [9.17, 15) is 4.21 Å². The minimum absolute atomic E-state index is 0.568. The molecule has 11 heavy (non-hydrogen) atoms. The van der Waals surface area contributed by atoms with Crippen LogP contribution in [0.25, 0.3) is 0 Å². The number of rotatable bonds is 2. The van der Waals surface area contributed by atoms with E-state index < -0.39 is 9.73 Å². The predicted molar refractivity (Wildman–Crippen MR) is 45.3 cm³/mol. The highest BCUT2D eigenvalue weighted by atomic mass is 32.2. The van der Waals surface area contributed by atoms with Crippen LogP contribution in [0, 0.1) is 0 Å². The van der Waals surface area contributed by atoms with Crippen LogP contribution in [0.4, 0.5) is 5.69 Å². The standard InChI is InChI=1S/C6H11N3OS/c1-3-11(2,10)9-6-4-7-8-5-6/h4-5H,3H2,1-2H3,(H,7,8)/t11-/m1/s1. The molecule has 5 heteroatoms. The smallest absolute Gasteiger partial charge is 0.111 e. The Hall–Kier alpha value is -0.840. The van der Waals surface area contributed by atoms with Gasteiger partial charge in [-0.1, -0.05) is 6.92 Å². The van der Waals surface area contributed by atoms with E-state index in [0.29, 0.717) is 11.4 Å². The Kier molecular flexibility index (Phi) is 2.28. The van der Waals surface area contributed by atoms with Crippen molar-refractivity contribution < 1.29 is 4.21 Å². The van der Waals surface area contributed by atoms with Crippen molar-refractivity contribution in [3.63, 3.8) is 0 Å². The average molecular weight is 173 g/mol. The maximum Gasteiger partial charge on any atom is 0.111 e. The third kappa shape index (κ3) is 2.34. The molecule has 0 saturated heterocycles. The van der Waals surface area contributed by atoms with Crippen LogP contribution in [0.5, 0.6) is 0 Å². The summed E-state index contributed by atoms with van der Waals surface area (Å²) >= 11 is 0. The Balaban J connectivity index is 3.00. The molecule has 1 aromatic heterocycles. The summed E-state index contributed by atoms with van der Waals surface area (Å²) in [6.45, 7) is 1.85. The van der Waals surface area contributed by atoms with Crippen LogP contribution in [0.3, 0.4) is 0 Å². The minimum atomic E-state index is -2.03. The molecular formula is C6H11N3OS. The van der Waals surface area contributed by atoms with Crippen LogP contribution in [-0.4, -0.2) is 26.4 Å². The molecule has 62 valence electrons. The van der Waals surface area contributed by atoms with Crippen molar-refractivity contribution in [3.8, 4) is 0 Å². The zero-order chi connectivity index (χ0) is 8.32. The molecule has 0 saturated carbocycles. The Morgan fingerprint density at radius 3 is 3.00 bits per heavy atom. The molecule has 0 fully saturated rings. The SMILES string of the molecule is CC[S@@](C)(=O)=Nc1cn[nH]c1. The fourth-order valence-electron chi connectivity index (χ4n) is 0.582. The number of nitrogens with one attached hydrogen (secondary N) is 1. The fraction of sp³-hybridized carbons (Fsp3) is 0.500. The third-order valence-corrected chi connectivity index (χ3v) is 2.99. The van der Waals surface area contributed by atoms with E-state index in [-0.39, 0.29) is 0 Å². The molecular weight excluding hydrogens is 162 g/mol. The highest BCUT2D eigenvalue weighted by Gasteiger charge is 1.97. The van der Waals surface area contributed by atoms with E-state index >= 15 is 0 Å². The van der Waals surface area contributed by atoms with Gasteiger partial charge < -0.3 is 0 Å². The molecule has 1 N–H and O–H groups in total. The highest BCUT2D eigenvalue weighted by Crippen LogP contribution is 2.09. The van der Waals surface area contributed by atoms with E-state index in [0.717, 1.165) is 0 Å². The van der Waals surface area contributed by atoms with Gasteiger partial charge in [0, 0.05) is 27.9 Å². The Bertz CT molecular complexity index is 322. The number of nitrogens with zero attached hydrogens (tertiary/aromatic N) is 2. The normalized spacial score (nSPS) is 15.8. The van der Waals surface area contributed by atoms with Gasteiger partial charge in [-0.15, -0.1) is 0 Å². The highest BCUT2D eigenvalue weighted by molar-refractivity contribution is 7.93. The van der Waals surface area contributed by atoms with Crippen LogP contribution >= 0.6 is 0 Å². The van der Waals surface area contributed by atoms with E-state index in [1.165, 1.54) is 0 Å². The lowest BCUT2D eigenvalue weighted by molar-refractivity contribution is 0.681. The predicted octanol–water partition coefficient (Wildman–Crippen LogP) is 1.16. The van der Waals surface area contributed by atoms with Gasteiger partial charge in [0.15, 0.2) is 0 Å². The molecule has 0 aliphatic carbocycles. The zero-order valence-electron chi connectivity index (χ0n) is 6.57. The van der Waals surface area contributed by atoms with E-state index in [1.807, 2.05) is 6.92 Å². The lowest BCUT2D eigenvalue weighted by atomic mass is 10.6.